The Bertz CT molecular complexity index is 454. The molecule has 2 rings (SSSR count). The molecule has 0 radical (unpaired) electrons. The van der Waals surface area contributed by atoms with Gasteiger partial charge < -0.3 is 0 Å². The van der Waals surface area contributed by atoms with Gasteiger partial charge >= 0.3 is 108 Å². The van der Waals surface area contributed by atoms with Gasteiger partial charge in [-0.3, -0.25) is 0 Å². The van der Waals surface area contributed by atoms with Crippen LogP contribution in [0.15, 0.2) is 51.3 Å². The van der Waals surface area contributed by atoms with Crippen LogP contribution in [0.4, 0.5) is 0 Å². The van der Waals surface area contributed by atoms with Crippen molar-refractivity contribution < 1.29 is 0 Å². The summed E-state index contributed by atoms with van der Waals surface area (Å²) in [5.41, 5.74) is 2.63. The number of rotatable bonds is 2. The second-order valence-electron chi connectivity index (χ2n) is 3.38. The summed E-state index contributed by atoms with van der Waals surface area (Å²) in [6.07, 6.45) is 0.959. The molecule has 3 heteroatoms. The van der Waals surface area contributed by atoms with E-state index >= 15 is 0 Å². The average molecular weight is 324 g/mol. The van der Waals surface area contributed by atoms with E-state index in [0.717, 1.165) is 15.4 Å². The zero-order valence-corrected chi connectivity index (χ0v) is 11.3. The monoisotopic (exact) mass is 322 g/mol. The first-order chi connectivity index (χ1) is 7.27. The first-order valence-corrected chi connectivity index (χ1v) is 6.33. The molecule has 0 amide bonds. The van der Waals surface area contributed by atoms with Crippen LogP contribution in [0.2, 0.25) is 0 Å². The molecule has 15 heavy (non-hydrogen) atoms. The Morgan fingerprint density at radius 1 is 1.00 bits per heavy atom. The first-order valence-electron chi connectivity index (χ1n) is 4.74. The maximum atomic E-state index is 3.59. The van der Waals surface area contributed by atoms with Gasteiger partial charge in [0.2, 0.25) is 0 Å². The maximum absolute atomic E-state index is 3.59. The summed E-state index contributed by atoms with van der Waals surface area (Å²) in [5, 5.41) is 0. The van der Waals surface area contributed by atoms with Crippen molar-refractivity contribution in [2.75, 3.05) is 0 Å². The molecule has 0 saturated carbocycles. The van der Waals surface area contributed by atoms with Crippen LogP contribution >= 0.6 is 31.9 Å². The Morgan fingerprint density at radius 2 is 1.73 bits per heavy atom. The van der Waals surface area contributed by atoms with Crippen molar-refractivity contribution in [3.63, 3.8) is 0 Å². The van der Waals surface area contributed by atoms with Gasteiger partial charge in [-0.05, 0) is 0 Å². The number of hydrogen-bond acceptors (Lipinski definition) is 0. The third kappa shape index (κ3) is 2.79. The molecule has 0 spiro atoms. The van der Waals surface area contributed by atoms with Crippen molar-refractivity contribution in [3.8, 4) is 0 Å². The molecule has 0 nitrogen and oxygen atoms in total. The van der Waals surface area contributed by atoms with Gasteiger partial charge in [0.15, 0.2) is 0 Å². The summed E-state index contributed by atoms with van der Waals surface area (Å²) >= 11 is 7.10. The van der Waals surface area contributed by atoms with E-state index < -0.39 is 0 Å². The summed E-state index contributed by atoms with van der Waals surface area (Å²) in [7, 11) is 0. The van der Waals surface area contributed by atoms with E-state index in [1.807, 2.05) is 12.1 Å². The third-order valence-corrected chi connectivity index (χ3v) is 4.40. The first kappa shape index (κ1) is 11.1. The average Bonchev–Trinajstić information content (AvgIpc) is 2.26. The van der Waals surface area contributed by atoms with Gasteiger partial charge in [0, 0.05) is 0 Å². The zero-order chi connectivity index (χ0) is 10.7. The Hall–Kier alpha value is -0.405. The summed E-state index contributed by atoms with van der Waals surface area (Å²) in [6.45, 7) is 2.14. The van der Waals surface area contributed by atoms with E-state index in [0.29, 0.717) is 0 Å². The molecule has 1 heterocycles. The molecular weight excluding hydrogens is 315 g/mol. The van der Waals surface area contributed by atoms with Gasteiger partial charge in [0.05, 0.1) is 0 Å². The van der Waals surface area contributed by atoms with E-state index in [1.165, 1.54) is 11.0 Å². The second kappa shape index (κ2) is 5.08. The molecule has 0 atom stereocenters. The van der Waals surface area contributed by atoms with Crippen molar-refractivity contribution >= 4 is 38.8 Å². The SMILES string of the molecule is Brc1ccbc(Cc2ccccc2)c1Br. The molecular formula is C12H9BBr2. The van der Waals surface area contributed by atoms with Gasteiger partial charge in [-0.25, -0.2) is 0 Å². The summed E-state index contributed by atoms with van der Waals surface area (Å²) in [6, 6.07) is 12.5. The van der Waals surface area contributed by atoms with Crippen LogP contribution in [-0.4, -0.2) is 6.91 Å². The fraction of sp³-hybridized carbons (Fsp3) is 0.0833. The Kier molecular flexibility index (Phi) is 3.76. The summed E-state index contributed by atoms with van der Waals surface area (Å²) < 4.78 is 2.25. The Morgan fingerprint density at radius 3 is 2.47 bits per heavy atom. The van der Waals surface area contributed by atoms with E-state index in [4.69, 9.17) is 0 Å². The fourth-order valence-corrected chi connectivity index (χ4v) is 2.31. The van der Waals surface area contributed by atoms with E-state index in [1.54, 1.807) is 0 Å². The Balaban J connectivity index is 2.29. The summed E-state index contributed by atoms with van der Waals surface area (Å²) in [5.74, 6) is 2.06. The van der Waals surface area contributed by atoms with Gasteiger partial charge in [0.1, 0.15) is 0 Å². The molecule has 0 fully saturated rings. The molecule has 1 aromatic heterocycles. The van der Waals surface area contributed by atoms with Crippen LogP contribution in [0, 0.1) is 0 Å². The molecule has 0 unspecified atom stereocenters. The van der Waals surface area contributed by atoms with Gasteiger partial charge in [0.25, 0.3) is 0 Å². The van der Waals surface area contributed by atoms with Crippen molar-refractivity contribution in [1.29, 1.82) is 0 Å². The molecule has 0 aliphatic rings. The van der Waals surface area contributed by atoms with Gasteiger partial charge in [-0.2, -0.15) is 0 Å². The quantitative estimate of drug-likeness (QED) is 0.779. The molecule has 2 aromatic rings. The minimum absolute atomic E-state index is 0.959. The van der Waals surface area contributed by atoms with E-state index in [9.17, 15) is 0 Å². The molecule has 0 bridgehead atoms. The molecule has 0 saturated heterocycles. The topological polar surface area (TPSA) is 0 Å². The van der Waals surface area contributed by atoms with Crippen LogP contribution in [0.1, 0.15) is 11.0 Å². The van der Waals surface area contributed by atoms with Crippen molar-refractivity contribution in [2.24, 2.45) is 0 Å². The number of benzene rings is 1. The third-order valence-electron chi connectivity index (χ3n) is 2.27. The molecule has 0 aliphatic carbocycles. The summed E-state index contributed by atoms with van der Waals surface area (Å²) in [4.78, 5) is 0. The van der Waals surface area contributed by atoms with Gasteiger partial charge in [-0.15, -0.1) is 0 Å². The van der Waals surface area contributed by atoms with Crippen molar-refractivity contribution in [3.05, 3.63) is 62.3 Å². The zero-order valence-electron chi connectivity index (χ0n) is 8.08. The number of halogens is 2. The predicted molar refractivity (Wildman–Crippen MR) is 72.4 cm³/mol. The Labute approximate surface area is 107 Å². The van der Waals surface area contributed by atoms with Crippen LogP contribution in [-0.2, 0) is 6.42 Å². The number of hydrogen-bond donors (Lipinski definition) is 0. The van der Waals surface area contributed by atoms with Crippen molar-refractivity contribution in [1.82, 2.24) is 0 Å². The van der Waals surface area contributed by atoms with Crippen LogP contribution < -0.4 is 0 Å². The molecule has 0 aliphatic heterocycles. The second-order valence-corrected chi connectivity index (χ2v) is 5.02. The minimum atomic E-state index is 0.959. The standard InChI is InChI=1S/C12H9BBr2/c14-11-6-7-13-10(12(11)15)8-9-4-2-1-3-5-9/h1-7H,8H2. The normalized spacial score (nSPS) is 10.0. The van der Waals surface area contributed by atoms with Crippen molar-refractivity contribution in [2.45, 2.75) is 6.42 Å². The predicted octanol–water partition coefficient (Wildman–Crippen LogP) is 4.14. The van der Waals surface area contributed by atoms with Crippen LogP contribution in [0.5, 0.6) is 0 Å². The van der Waals surface area contributed by atoms with Gasteiger partial charge in [-0.1, -0.05) is 0 Å². The molecule has 1 aromatic carbocycles. The fourth-order valence-electron chi connectivity index (χ4n) is 1.50. The molecule has 0 N–H and O–H groups in total. The van der Waals surface area contributed by atoms with Crippen LogP contribution in [0.25, 0.3) is 0 Å². The van der Waals surface area contributed by atoms with E-state index in [2.05, 4.69) is 69.0 Å². The molecule has 74 valence electrons. The van der Waals surface area contributed by atoms with E-state index in [-0.39, 0.29) is 0 Å². The van der Waals surface area contributed by atoms with Crippen LogP contribution in [0.3, 0.4) is 0 Å².